The second-order valence-electron chi connectivity index (χ2n) is 9.38. The molecule has 8 heteroatoms. The van der Waals surface area contributed by atoms with Crippen LogP contribution in [0.2, 0.25) is 0 Å². The van der Waals surface area contributed by atoms with Crippen LogP contribution in [0.4, 0.5) is 0 Å². The molecular weight excluding hydrogens is 464 g/mol. The number of aliphatic hydroxyl groups is 1. The Hall–Kier alpha value is -2.13. The van der Waals surface area contributed by atoms with Crippen LogP contribution in [0.1, 0.15) is 30.4 Å². The van der Waals surface area contributed by atoms with Gasteiger partial charge < -0.3 is 24.8 Å². The van der Waals surface area contributed by atoms with Crippen molar-refractivity contribution in [2.24, 2.45) is 0 Å². The third-order valence-electron chi connectivity index (χ3n) is 6.39. The van der Waals surface area contributed by atoms with E-state index >= 15 is 0 Å². The lowest BCUT2D eigenvalue weighted by molar-refractivity contribution is 0.173. The molecule has 1 fully saturated rings. The lowest BCUT2D eigenvalue weighted by Crippen LogP contribution is -2.24. The molecule has 1 unspecified atom stereocenters. The Kier molecular flexibility index (Phi) is 10.4. The van der Waals surface area contributed by atoms with Gasteiger partial charge in [0.1, 0.15) is 21.3 Å². The van der Waals surface area contributed by atoms with Crippen LogP contribution in [0.3, 0.4) is 0 Å². The number of rotatable bonds is 14. The van der Waals surface area contributed by atoms with Crippen LogP contribution in [0.25, 0.3) is 11.1 Å². The van der Waals surface area contributed by atoms with E-state index < -0.39 is 9.84 Å². The lowest BCUT2D eigenvalue weighted by Gasteiger charge is -2.18. The first-order valence-electron chi connectivity index (χ1n) is 12.5. The average molecular weight is 505 g/mol. The first kappa shape index (κ1) is 27.5. The van der Waals surface area contributed by atoms with E-state index in [1.54, 1.807) is 0 Å². The van der Waals surface area contributed by atoms with Crippen molar-refractivity contribution in [1.82, 2.24) is 10.2 Å². The second kappa shape index (κ2) is 13.3. The van der Waals surface area contributed by atoms with Crippen molar-refractivity contribution in [1.29, 1.82) is 0 Å². The number of aliphatic hydroxyl groups excluding tert-OH is 1. The maximum absolute atomic E-state index is 11.2. The Balaban J connectivity index is 1.52. The molecule has 0 spiro atoms. The molecular formula is C27H40N2O5S. The quantitative estimate of drug-likeness (QED) is 0.382. The van der Waals surface area contributed by atoms with Gasteiger partial charge in [-0.1, -0.05) is 24.3 Å². The molecule has 3 rings (SSSR count). The number of nitrogens with zero attached hydrogens (tertiary/aromatic N) is 1. The van der Waals surface area contributed by atoms with Gasteiger partial charge in [0, 0.05) is 32.4 Å². The molecule has 1 aliphatic rings. The Labute approximate surface area is 210 Å². The van der Waals surface area contributed by atoms with Crippen LogP contribution < -0.4 is 14.8 Å². The van der Waals surface area contributed by atoms with Crippen LogP contribution in [0.15, 0.2) is 36.4 Å². The zero-order valence-electron chi connectivity index (χ0n) is 21.3. The molecule has 1 atom stereocenters. The summed E-state index contributed by atoms with van der Waals surface area (Å²) in [6.07, 6.45) is 3.67. The topological polar surface area (TPSA) is 88.1 Å². The number of hydrogen-bond donors (Lipinski definition) is 2. The van der Waals surface area contributed by atoms with Gasteiger partial charge in [-0.15, -0.1) is 0 Å². The summed E-state index contributed by atoms with van der Waals surface area (Å²) in [4.78, 5) is 2.29. The normalized spacial score (nSPS) is 16.5. The number of nitrogens with one attached hydrogen (secondary N) is 1. The predicted molar refractivity (Wildman–Crippen MR) is 141 cm³/mol. The van der Waals surface area contributed by atoms with E-state index in [0.29, 0.717) is 26.3 Å². The highest BCUT2D eigenvalue weighted by Crippen LogP contribution is 2.35. The standard InChI is InChI=1S/C27H40N2O5S/c1-21-24(8-4-10-26(21)33-17-6-13-28-14-19-35(3,31)32)25-9-5-11-27(22(25)2)34-18-7-15-29-16-12-23(30)20-29/h4-5,8-11,23,28,30H,6-7,12-20H2,1-3H3. The maximum Gasteiger partial charge on any atom is 0.148 e. The Morgan fingerprint density at radius 1 is 0.971 bits per heavy atom. The van der Waals surface area contributed by atoms with Gasteiger partial charge in [0.05, 0.1) is 25.1 Å². The van der Waals surface area contributed by atoms with E-state index in [0.717, 1.165) is 72.6 Å². The van der Waals surface area contributed by atoms with Crippen molar-refractivity contribution in [3.05, 3.63) is 47.5 Å². The van der Waals surface area contributed by atoms with E-state index in [1.807, 2.05) is 24.3 Å². The van der Waals surface area contributed by atoms with Gasteiger partial charge in [0.25, 0.3) is 0 Å². The van der Waals surface area contributed by atoms with E-state index in [2.05, 4.69) is 36.2 Å². The SMILES string of the molecule is Cc1c(OCCCNCCS(C)(=O)=O)cccc1-c1cccc(OCCCN2CCC(O)C2)c1C. The molecule has 0 aliphatic carbocycles. The molecule has 2 aromatic rings. The van der Waals surface area contributed by atoms with Gasteiger partial charge in [0.2, 0.25) is 0 Å². The van der Waals surface area contributed by atoms with Crippen LogP contribution in [0, 0.1) is 13.8 Å². The van der Waals surface area contributed by atoms with Crippen molar-refractivity contribution >= 4 is 9.84 Å². The molecule has 1 aliphatic heterocycles. The fraction of sp³-hybridized carbons (Fsp3) is 0.556. The van der Waals surface area contributed by atoms with E-state index in [4.69, 9.17) is 9.47 Å². The van der Waals surface area contributed by atoms with Gasteiger partial charge in [-0.25, -0.2) is 8.42 Å². The van der Waals surface area contributed by atoms with Gasteiger partial charge in [-0.3, -0.25) is 0 Å². The van der Waals surface area contributed by atoms with Crippen molar-refractivity contribution in [2.75, 3.05) is 57.9 Å². The zero-order valence-corrected chi connectivity index (χ0v) is 22.1. The van der Waals surface area contributed by atoms with E-state index in [9.17, 15) is 13.5 Å². The van der Waals surface area contributed by atoms with Crippen LogP contribution in [0.5, 0.6) is 11.5 Å². The van der Waals surface area contributed by atoms with Crippen LogP contribution in [-0.2, 0) is 9.84 Å². The summed E-state index contributed by atoms with van der Waals surface area (Å²) in [5, 5.41) is 12.8. The molecule has 1 saturated heterocycles. The summed E-state index contributed by atoms with van der Waals surface area (Å²) < 4.78 is 34.5. The smallest absolute Gasteiger partial charge is 0.148 e. The minimum atomic E-state index is -2.93. The number of ether oxygens (including phenoxy) is 2. The monoisotopic (exact) mass is 504 g/mol. The molecule has 0 saturated carbocycles. The minimum Gasteiger partial charge on any atom is -0.493 e. The Morgan fingerprint density at radius 3 is 2.11 bits per heavy atom. The first-order chi connectivity index (χ1) is 16.7. The molecule has 2 aromatic carbocycles. The van der Waals surface area contributed by atoms with Gasteiger partial charge in [0.15, 0.2) is 0 Å². The largest absolute Gasteiger partial charge is 0.493 e. The van der Waals surface area contributed by atoms with Crippen LogP contribution in [-0.4, -0.2) is 82.5 Å². The molecule has 194 valence electrons. The van der Waals surface area contributed by atoms with Crippen molar-refractivity contribution in [3.63, 3.8) is 0 Å². The second-order valence-corrected chi connectivity index (χ2v) is 11.6. The summed E-state index contributed by atoms with van der Waals surface area (Å²) in [5.74, 6) is 1.91. The van der Waals surface area contributed by atoms with Crippen LogP contribution >= 0.6 is 0 Å². The van der Waals surface area contributed by atoms with Crippen molar-refractivity contribution in [3.8, 4) is 22.6 Å². The molecule has 0 amide bonds. The number of β-amino-alcohol motifs (C(OH)–C–C–N with tert-alkyl or cyclic N) is 1. The molecule has 2 N–H and O–H groups in total. The molecule has 1 heterocycles. The van der Waals surface area contributed by atoms with Crippen molar-refractivity contribution in [2.45, 2.75) is 39.2 Å². The molecule has 0 bridgehead atoms. The van der Waals surface area contributed by atoms with Crippen molar-refractivity contribution < 1.29 is 23.0 Å². The summed E-state index contributed by atoms with van der Waals surface area (Å²) in [7, 11) is -2.93. The summed E-state index contributed by atoms with van der Waals surface area (Å²) in [6, 6.07) is 12.3. The van der Waals surface area contributed by atoms with Gasteiger partial charge in [-0.2, -0.15) is 0 Å². The highest BCUT2D eigenvalue weighted by Gasteiger charge is 2.19. The van der Waals surface area contributed by atoms with E-state index in [1.165, 1.54) is 6.26 Å². The number of likely N-dealkylation sites (tertiary alicyclic amines) is 1. The molecule has 7 nitrogen and oxygen atoms in total. The molecule has 0 aromatic heterocycles. The number of benzene rings is 2. The third-order valence-corrected chi connectivity index (χ3v) is 7.33. The van der Waals surface area contributed by atoms with Gasteiger partial charge >= 0.3 is 0 Å². The molecule has 0 radical (unpaired) electrons. The minimum absolute atomic E-state index is 0.152. The maximum atomic E-state index is 11.2. The molecule has 35 heavy (non-hydrogen) atoms. The van der Waals surface area contributed by atoms with E-state index in [-0.39, 0.29) is 11.9 Å². The average Bonchev–Trinajstić information content (AvgIpc) is 3.22. The zero-order chi connectivity index (χ0) is 25.3. The summed E-state index contributed by atoms with van der Waals surface area (Å²) in [6.45, 7) is 9.24. The predicted octanol–water partition coefficient (Wildman–Crippen LogP) is 3.21. The Bertz CT molecular complexity index is 1060. The number of sulfone groups is 1. The summed E-state index contributed by atoms with van der Waals surface area (Å²) in [5.41, 5.74) is 4.46. The van der Waals surface area contributed by atoms with Gasteiger partial charge in [-0.05, 0) is 74.0 Å². The fourth-order valence-electron chi connectivity index (χ4n) is 4.37. The fourth-order valence-corrected chi connectivity index (χ4v) is 4.89. The highest BCUT2D eigenvalue weighted by atomic mass is 32.2. The number of hydrogen-bond acceptors (Lipinski definition) is 7. The summed E-state index contributed by atoms with van der Waals surface area (Å²) >= 11 is 0. The Morgan fingerprint density at radius 2 is 1.57 bits per heavy atom. The third kappa shape index (κ3) is 8.79. The highest BCUT2D eigenvalue weighted by molar-refractivity contribution is 7.90. The first-order valence-corrected chi connectivity index (χ1v) is 14.5. The lowest BCUT2D eigenvalue weighted by atomic mass is 9.95.